The van der Waals surface area contributed by atoms with E-state index in [1.807, 2.05) is 30.3 Å². The normalized spacial score (nSPS) is 16.0. The summed E-state index contributed by atoms with van der Waals surface area (Å²) in [4.78, 5) is 14.4. The molecule has 30 heavy (non-hydrogen) atoms. The highest BCUT2D eigenvalue weighted by molar-refractivity contribution is 7.16. The summed E-state index contributed by atoms with van der Waals surface area (Å²) in [5, 5.41) is 17.5. The number of fused-ring (bicyclic) bond motifs is 1. The summed E-state index contributed by atoms with van der Waals surface area (Å²) in [6, 6.07) is 11.8. The van der Waals surface area contributed by atoms with Gasteiger partial charge in [-0.3, -0.25) is 4.79 Å². The minimum Gasteiger partial charge on any atom is -0.360 e. The van der Waals surface area contributed by atoms with Gasteiger partial charge < -0.3 is 9.84 Å². The van der Waals surface area contributed by atoms with Crippen molar-refractivity contribution >= 4 is 22.2 Å². The third kappa shape index (κ3) is 3.66. The molecule has 1 aliphatic rings. The number of aromatic nitrogens is 1. The molecule has 1 N–H and O–H groups in total. The number of aryl methyl sites for hydroxylation is 1. The summed E-state index contributed by atoms with van der Waals surface area (Å²) in [6.07, 6.45) is 2.90. The van der Waals surface area contributed by atoms with Crippen molar-refractivity contribution in [2.75, 3.05) is 5.32 Å². The maximum Gasteiger partial charge on any atom is 0.262 e. The van der Waals surface area contributed by atoms with E-state index in [1.165, 1.54) is 16.2 Å². The smallest absolute Gasteiger partial charge is 0.262 e. The number of carbonyl (C=O) groups excluding carboxylic acids is 1. The molecule has 0 fully saturated rings. The first-order valence-corrected chi connectivity index (χ1v) is 11.0. The highest BCUT2D eigenvalue weighted by Crippen LogP contribution is 2.44. The average Bonchev–Trinajstić information content (AvgIpc) is 3.27. The minimum atomic E-state index is -0.296. The molecular weight excluding hydrogens is 394 g/mol. The largest absolute Gasteiger partial charge is 0.360 e. The Labute approximate surface area is 180 Å². The van der Waals surface area contributed by atoms with Crippen LogP contribution < -0.4 is 5.32 Å². The lowest BCUT2D eigenvalue weighted by molar-refractivity contribution is 0.102. The number of hydrogen-bond acceptors (Lipinski definition) is 5. The van der Waals surface area contributed by atoms with Gasteiger partial charge in [0.25, 0.3) is 5.91 Å². The van der Waals surface area contributed by atoms with Crippen LogP contribution >= 0.6 is 11.3 Å². The predicted molar refractivity (Wildman–Crippen MR) is 119 cm³/mol. The van der Waals surface area contributed by atoms with Crippen molar-refractivity contribution in [2.45, 2.75) is 47.0 Å². The Bertz CT molecular complexity index is 1130. The number of amides is 1. The highest BCUT2D eigenvalue weighted by Gasteiger charge is 2.33. The molecule has 5 nitrogen and oxygen atoms in total. The van der Waals surface area contributed by atoms with Gasteiger partial charge in [-0.2, -0.15) is 5.26 Å². The molecule has 3 aromatic rings. The molecule has 4 rings (SSSR count). The molecule has 0 saturated heterocycles. The third-order valence-corrected chi connectivity index (χ3v) is 7.14. The molecule has 1 atom stereocenters. The molecule has 2 aromatic heterocycles. The van der Waals surface area contributed by atoms with Crippen LogP contribution in [-0.2, 0) is 12.8 Å². The summed E-state index contributed by atoms with van der Waals surface area (Å²) in [5.41, 5.74) is 3.66. The SMILES string of the molecule is Cc1onc(-c2ccccc2)c1C(=O)Nc1sc2c(c1C#N)CCC(C(C)(C)C)C2. The average molecular weight is 420 g/mol. The number of rotatable bonds is 3. The lowest BCUT2D eigenvalue weighted by Gasteiger charge is -2.33. The van der Waals surface area contributed by atoms with E-state index in [2.05, 4.69) is 37.3 Å². The summed E-state index contributed by atoms with van der Waals surface area (Å²) < 4.78 is 5.33. The number of nitriles is 1. The molecular formula is C24H25N3O2S. The minimum absolute atomic E-state index is 0.224. The van der Waals surface area contributed by atoms with Crippen LogP contribution in [0.2, 0.25) is 0 Å². The summed E-state index contributed by atoms with van der Waals surface area (Å²) in [6.45, 7) is 8.53. The first-order chi connectivity index (χ1) is 14.3. The van der Waals surface area contributed by atoms with Crippen molar-refractivity contribution in [2.24, 2.45) is 11.3 Å². The Kier molecular flexibility index (Phi) is 5.25. The van der Waals surface area contributed by atoms with Crippen molar-refractivity contribution in [1.82, 2.24) is 5.16 Å². The maximum absolute atomic E-state index is 13.2. The van der Waals surface area contributed by atoms with E-state index in [0.29, 0.717) is 33.5 Å². The van der Waals surface area contributed by atoms with Crippen LogP contribution in [0.25, 0.3) is 11.3 Å². The van der Waals surface area contributed by atoms with Gasteiger partial charge in [-0.15, -0.1) is 11.3 Å². The molecule has 0 bridgehead atoms. The van der Waals surface area contributed by atoms with E-state index in [9.17, 15) is 10.1 Å². The van der Waals surface area contributed by atoms with Crippen LogP contribution in [0.4, 0.5) is 5.00 Å². The van der Waals surface area contributed by atoms with E-state index >= 15 is 0 Å². The second kappa shape index (κ2) is 7.73. The van der Waals surface area contributed by atoms with Gasteiger partial charge in [0, 0.05) is 10.4 Å². The standard InChI is InChI=1S/C24H25N3O2S/c1-14-20(21(27-29-14)15-8-6-5-7-9-15)22(28)26-23-18(13-25)17-11-10-16(24(2,3)4)12-19(17)30-23/h5-9,16H,10-12H2,1-4H3,(H,26,28). The number of benzene rings is 1. The zero-order valence-corrected chi connectivity index (χ0v) is 18.5. The van der Waals surface area contributed by atoms with E-state index in [1.54, 1.807) is 6.92 Å². The molecule has 1 aromatic carbocycles. The maximum atomic E-state index is 13.2. The van der Waals surface area contributed by atoms with E-state index < -0.39 is 0 Å². The molecule has 0 radical (unpaired) electrons. The van der Waals surface area contributed by atoms with Gasteiger partial charge in [-0.25, -0.2) is 0 Å². The predicted octanol–water partition coefficient (Wildman–Crippen LogP) is 5.99. The van der Waals surface area contributed by atoms with Gasteiger partial charge >= 0.3 is 0 Å². The Balaban J connectivity index is 1.66. The highest BCUT2D eigenvalue weighted by atomic mass is 32.1. The fourth-order valence-corrected chi connectivity index (χ4v) is 5.40. The first-order valence-electron chi connectivity index (χ1n) is 10.2. The number of carbonyl (C=O) groups is 1. The monoisotopic (exact) mass is 419 g/mol. The Morgan fingerprint density at radius 2 is 2.03 bits per heavy atom. The fourth-order valence-electron chi connectivity index (χ4n) is 4.13. The Morgan fingerprint density at radius 1 is 1.30 bits per heavy atom. The molecule has 0 aliphatic heterocycles. The van der Waals surface area contributed by atoms with Crippen LogP contribution in [0, 0.1) is 29.6 Å². The van der Waals surface area contributed by atoms with Gasteiger partial charge in [0.05, 0.1) is 5.56 Å². The number of nitrogens with one attached hydrogen (secondary N) is 1. The van der Waals surface area contributed by atoms with Crippen LogP contribution in [0.5, 0.6) is 0 Å². The summed E-state index contributed by atoms with van der Waals surface area (Å²) in [7, 11) is 0. The zero-order valence-electron chi connectivity index (χ0n) is 17.7. The molecule has 2 heterocycles. The quantitative estimate of drug-likeness (QED) is 0.566. The van der Waals surface area contributed by atoms with Crippen molar-refractivity contribution in [3.05, 3.63) is 57.7 Å². The van der Waals surface area contributed by atoms with Gasteiger partial charge in [0.2, 0.25) is 0 Å². The molecule has 1 amide bonds. The van der Waals surface area contributed by atoms with Crippen molar-refractivity contribution in [1.29, 1.82) is 5.26 Å². The van der Waals surface area contributed by atoms with E-state index in [0.717, 1.165) is 30.4 Å². The summed E-state index contributed by atoms with van der Waals surface area (Å²) in [5.74, 6) is 0.734. The third-order valence-electron chi connectivity index (χ3n) is 5.97. The van der Waals surface area contributed by atoms with Gasteiger partial charge in [0.1, 0.15) is 28.1 Å². The molecule has 6 heteroatoms. The van der Waals surface area contributed by atoms with Crippen LogP contribution in [-0.4, -0.2) is 11.1 Å². The van der Waals surface area contributed by atoms with Crippen LogP contribution in [0.3, 0.4) is 0 Å². The van der Waals surface area contributed by atoms with E-state index in [-0.39, 0.29) is 11.3 Å². The molecule has 154 valence electrons. The molecule has 0 saturated carbocycles. The number of nitrogens with zero attached hydrogens (tertiary/aromatic N) is 2. The van der Waals surface area contributed by atoms with E-state index in [4.69, 9.17) is 4.52 Å². The van der Waals surface area contributed by atoms with Crippen LogP contribution in [0.15, 0.2) is 34.9 Å². The molecule has 1 unspecified atom stereocenters. The van der Waals surface area contributed by atoms with Gasteiger partial charge in [0.15, 0.2) is 0 Å². The lowest BCUT2D eigenvalue weighted by atomic mass is 9.72. The summed E-state index contributed by atoms with van der Waals surface area (Å²) >= 11 is 1.53. The molecule has 1 aliphatic carbocycles. The van der Waals surface area contributed by atoms with Gasteiger partial charge in [-0.05, 0) is 43.1 Å². The number of hydrogen-bond donors (Lipinski definition) is 1. The van der Waals surface area contributed by atoms with Crippen LogP contribution in [0.1, 0.15) is 59.3 Å². The zero-order chi connectivity index (χ0) is 21.5. The molecule has 0 spiro atoms. The van der Waals surface area contributed by atoms with Gasteiger partial charge in [-0.1, -0.05) is 56.3 Å². The van der Waals surface area contributed by atoms with Crippen molar-refractivity contribution < 1.29 is 9.32 Å². The second-order valence-corrected chi connectivity index (χ2v) is 10.0. The van der Waals surface area contributed by atoms with Crippen molar-refractivity contribution in [3.8, 4) is 17.3 Å². The number of thiophene rings is 1. The Morgan fingerprint density at radius 3 is 2.70 bits per heavy atom. The second-order valence-electron chi connectivity index (χ2n) is 8.91. The lowest BCUT2D eigenvalue weighted by Crippen LogP contribution is -2.26. The van der Waals surface area contributed by atoms with Crippen molar-refractivity contribution in [3.63, 3.8) is 0 Å². The fraction of sp³-hybridized carbons (Fsp3) is 0.375. The number of anilines is 1. The first kappa shape index (κ1) is 20.4. The topological polar surface area (TPSA) is 78.9 Å². The Hall–Kier alpha value is -2.91.